The van der Waals surface area contributed by atoms with Gasteiger partial charge in [-0.3, -0.25) is 19.2 Å². The van der Waals surface area contributed by atoms with E-state index in [4.69, 9.17) is 7.98 Å². The normalized spacial score (nSPS) is 25.5. The summed E-state index contributed by atoms with van der Waals surface area (Å²) in [5.41, 5.74) is 2.96. The summed E-state index contributed by atoms with van der Waals surface area (Å²) in [6, 6.07) is 6.59. The van der Waals surface area contributed by atoms with E-state index >= 15 is 0 Å². The minimum Gasteiger partial charge on any atom is -0.365 e. The quantitative estimate of drug-likeness (QED) is 0.307. The van der Waals surface area contributed by atoms with Gasteiger partial charge in [0.2, 0.25) is 23.6 Å². The number of carbonyl (C=O) groups excluding carboxylic acids is 4. The molecular formula is C26H30BF2N5O4. The maximum absolute atomic E-state index is 13.8. The summed E-state index contributed by atoms with van der Waals surface area (Å²) in [7, 11) is 5.20. The van der Waals surface area contributed by atoms with Gasteiger partial charge in [-0.05, 0) is 29.5 Å². The SMILES string of the molecule is [B]NCCNC(=O)CCc1cccc2c1CN(C(=O)C[C@@H]1C[C@@H](C(=O)C3CC(F)(F)C[C@H]3C#N)NC1=O)C2. The van der Waals surface area contributed by atoms with Gasteiger partial charge < -0.3 is 20.8 Å². The molecule has 9 nitrogen and oxygen atoms in total. The molecule has 1 saturated heterocycles. The second-order valence-corrected chi connectivity index (χ2v) is 10.3. The van der Waals surface area contributed by atoms with Crippen molar-refractivity contribution in [1.29, 1.82) is 5.26 Å². The number of nitriles is 1. The summed E-state index contributed by atoms with van der Waals surface area (Å²) in [6.07, 6.45) is -0.584. The molecule has 38 heavy (non-hydrogen) atoms. The summed E-state index contributed by atoms with van der Waals surface area (Å²) in [6.45, 7) is 1.64. The van der Waals surface area contributed by atoms with E-state index in [-0.39, 0.29) is 24.7 Å². The summed E-state index contributed by atoms with van der Waals surface area (Å²) in [5, 5.41) is 17.0. The number of rotatable bonds is 10. The number of ketones is 1. The van der Waals surface area contributed by atoms with Crippen molar-refractivity contribution in [2.45, 2.75) is 63.6 Å². The number of hydrogen-bond acceptors (Lipinski definition) is 6. The Morgan fingerprint density at radius 1 is 1.21 bits per heavy atom. The van der Waals surface area contributed by atoms with Crippen LogP contribution in [0.4, 0.5) is 8.78 Å². The van der Waals surface area contributed by atoms with Crippen LogP contribution in [0.15, 0.2) is 18.2 Å². The zero-order valence-electron chi connectivity index (χ0n) is 21.0. The summed E-state index contributed by atoms with van der Waals surface area (Å²) in [4.78, 5) is 52.2. The Morgan fingerprint density at radius 2 is 2.00 bits per heavy atom. The number of hydrogen-bond donors (Lipinski definition) is 3. The van der Waals surface area contributed by atoms with Gasteiger partial charge in [0.05, 0.1) is 18.0 Å². The lowest BCUT2D eigenvalue weighted by molar-refractivity contribution is -0.135. The number of nitrogens with one attached hydrogen (secondary N) is 3. The molecular weight excluding hydrogens is 495 g/mol. The van der Waals surface area contributed by atoms with Crippen LogP contribution < -0.4 is 15.9 Å². The number of nitrogens with zero attached hydrogens (tertiary/aromatic N) is 2. The van der Waals surface area contributed by atoms with Gasteiger partial charge in [-0.15, -0.1) is 0 Å². The van der Waals surface area contributed by atoms with Crippen molar-refractivity contribution in [2.75, 3.05) is 13.1 Å². The maximum atomic E-state index is 13.8. The van der Waals surface area contributed by atoms with Crippen molar-refractivity contribution in [3.8, 4) is 6.07 Å². The van der Waals surface area contributed by atoms with E-state index in [1.165, 1.54) is 0 Å². The monoisotopic (exact) mass is 525 g/mol. The first-order chi connectivity index (χ1) is 18.1. The molecule has 1 saturated carbocycles. The average Bonchev–Trinajstić information content (AvgIpc) is 3.57. The maximum Gasteiger partial charge on any atom is 0.250 e. The van der Waals surface area contributed by atoms with E-state index in [9.17, 15) is 33.2 Å². The molecule has 1 aromatic rings. The highest BCUT2D eigenvalue weighted by molar-refractivity contribution is 6.04. The highest BCUT2D eigenvalue weighted by Crippen LogP contribution is 2.44. The lowest BCUT2D eigenvalue weighted by Crippen LogP contribution is -2.38. The summed E-state index contributed by atoms with van der Waals surface area (Å²) >= 11 is 0. The Labute approximate surface area is 221 Å². The second-order valence-electron chi connectivity index (χ2n) is 10.3. The zero-order chi connectivity index (χ0) is 27.4. The molecule has 3 amide bonds. The Hall–Kier alpha value is -3.33. The number of Topliss-reactive ketones (excluding diaryl/α,β-unsaturated/α-hetero) is 1. The van der Waals surface area contributed by atoms with Gasteiger partial charge in [0.1, 0.15) is 0 Å². The smallest absolute Gasteiger partial charge is 0.250 e. The lowest BCUT2D eigenvalue weighted by atomic mass is 9.87. The van der Waals surface area contributed by atoms with E-state index < -0.39 is 54.3 Å². The Morgan fingerprint density at radius 3 is 2.74 bits per heavy atom. The molecule has 0 aromatic heterocycles. The van der Waals surface area contributed by atoms with Gasteiger partial charge >= 0.3 is 0 Å². The van der Waals surface area contributed by atoms with Gasteiger partial charge in [-0.25, -0.2) is 8.78 Å². The molecule has 2 radical (unpaired) electrons. The number of halogens is 2. The third-order valence-electron chi connectivity index (χ3n) is 7.67. The number of benzene rings is 1. The number of aryl methyl sites for hydroxylation is 1. The molecule has 2 aliphatic heterocycles. The topological polar surface area (TPSA) is 131 Å². The third kappa shape index (κ3) is 6.21. The molecule has 1 unspecified atom stereocenters. The lowest BCUT2D eigenvalue weighted by Gasteiger charge is -2.18. The van der Waals surface area contributed by atoms with E-state index in [2.05, 4.69) is 15.9 Å². The Bertz CT molecular complexity index is 1160. The van der Waals surface area contributed by atoms with Gasteiger partial charge in [-0.2, -0.15) is 5.26 Å². The number of alkyl halides is 2. The molecule has 2 heterocycles. The molecule has 4 atom stereocenters. The van der Waals surface area contributed by atoms with Crippen LogP contribution in [0.2, 0.25) is 0 Å². The van der Waals surface area contributed by atoms with Gasteiger partial charge in [0, 0.05) is 63.7 Å². The zero-order valence-corrected chi connectivity index (χ0v) is 21.0. The van der Waals surface area contributed by atoms with E-state index in [0.717, 1.165) is 16.7 Å². The fourth-order valence-corrected chi connectivity index (χ4v) is 5.66. The van der Waals surface area contributed by atoms with Crippen LogP contribution in [0.5, 0.6) is 0 Å². The van der Waals surface area contributed by atoms with Crippen LogP contribution in [0.1, 0.15) is 48.8 Å². The number of carbonyl (C=O) groups is 4. The largest absolute Gasteiger partial charge is 0.365 e. The van der Waals surface area contributed by atoms with E-state index in [1.807, 2.05) is 18.2 Å². The van der Waals surface area contributed by atoms with Gasteiger partial charge in [0.15, 0.2) is 13.8 Å². The Kier molecular flexibility index (Phi) is 8.46. The molecule has 0 spiro atoms. The summed E-state index contributed by atoms with van der Waals surface area (Å²) < 4.78 is 27.6. The van der Waals surface area contributed by atoms with Crippen molar-refractivity contribution in [3.05, 3.63) is 34.9 Å². The molecule has 3 N–H and O–H groups in total. The summed E-state index contributed by atoms with van der Waals surface area (Å²) in [5.74, 6) is -7.37. The number of fused-ring (bicyclic) bond motifs is 1. The standard InChI is InChI=1S/C26H30BF2N5O4/c27-32-7-6-31-22(35)5-4-15-2-1-3-16-13-34(14-20(15)16)23(36)9-17-8-21(33-25(17)38)24(37)19-11-26(28,29)10-18(19)12-30/h1-3,17-19,21,32H,4-11,13-14H2,(H,31,35)(H,33,38)/t17-,18-,19?,21-/m0/s1. The molecule has 3 aliphatic rings. The van der Waals surface area contributed by atoms with Crippen molar-refractivity contribution >= 4 is 31.5 Å². The fourth-order valence-electron chi connectivity index (χ4n) is 5.66. The molecule has 200 valence electrons. The predicted octanol–water partition coefficient (Wildman–Crippen LogP) is 0.900. The second kappa shape index (κ2) is 11.6. The van der Waals surface area contributed by atoms with Crippen LogP contribution in [-0.2, 0) is 38.7 Å². The van der Waals surface area contributed by atoms with Crippen LogP contribution in [0.25, 0.3) is 0 Å². The van der Waals surface area contributed by atoms with Gasteiger partial charge in [-0.1, -0.05) is 18.2 Å². The Balaban J connectivity index is 1.31. The molecule has 2 fully saturated rings. The highest BCUT2D eigenvalue weighted by Gasteiger charge is 2.52. The van der Waals surface area contributed by atoms with Crippen molar-refractivity contribution in [2.24, 2.45) is 17.8 Å². The third-order valence-corrected chi connectivity index (χ3v) is 7.67. The fraction of sp³-hybridized carbons (Fsp3) is 0.577. The van der Waals surface area contributed by atoms with Crippen LogP contribution in [-0.4, -0.2) is 61.4 Å². The predicted molar refractivity (Wildman–Crippen MR) is 132 cm³/mol. The molecule has 4 rings (SSSR count). The first kappa shape index (κ1) is 27.7. The minimum absolute atomic E-state index is 0.0461. The van der Waals surface area contributed by atoms with Crippen molar-refractivity contribution < 1.29 is 28.0 Å². The molecule has 1 aliphatic carbocycles. The van der Waals surface area contributed by atoms with E-state index in [1.54, 1.807) is 11.0 Å². The average molecular weight is 525 g/mol. The van der Waals surface area contributed by atoms with Crippen LogP contribution in [0, 0.1) is 29.1 Å². The highest BCUT2D eigenvalue weighted by atomic mass is 19.3. The van der Waals surface area contributed by atoms with Crippen LogP contribution >= 0.6 is 0 Å². The molecule has 1 aromatic carbocycles. The molecule has 12 heteroatoms. The van der Waals surface area contributed by atoms with Gasteiger partial charge in [0.25, 0.3) is 0 Å². The van der Waals surface area contributed by atoms with E-state index in [0.29, 0.717) is 39.0 Å². The first-order valence-electron chi connectivity index (χ1n) is 12.8. The number of amides is 3. The first-order valence-corrected chi connectivity index (χ1v) is 12.8. The van der Waals surface area contributed by atoms with Crippen molar-refractivity contribution in [3.63, 3.8) is 0 Å². The molecule has 0 bridgehead atoms. The minimum atomic E-state index is -3.08. The van der Waals surface area contributed by atoms with Crippen LogP contribution in [0.3, 0.4) is 0 Å². The van der Waals surface area contributed by atoms with Crippen molar-refractivity contribution in [1.82, 2.24) is 20.8 Å².